The Morgan fingerprint density at radius 2 is 1.07 bits per heavy atom. The third-order valence-electron chi connectivity index (χ3n) is 22.4. The van der Waals surface area contributed by atoms with E-state index < -0.39 is 236 Å². The molecular weight excluding hydrogens is 1290 g/mol. The number of ketones is 1. The average Bonchev–Trinajstić information content (AvgIpc) is 1.69. The molecule has 9 fully saturated rings. The fourth-order valence-electron chi connectivity index (χ4n) is 17.2. The van der Waals surface area contributed by atoms with Gasteiger partial charge in [-0.2, -0.15) is 8.42 Å². The second-order valence-electron chi connectivity index (χ2n) is 29.5. The molecule has 95 heavy (non-hydrogen) atoms. The fourth-order valence-corrected chi connectivity index (χ4v) is 17.7. The Bertz CT molecular complexity index is 2730. The van der Waals surface area contributed by atoms with Gasteiger partial charge in [0.15, 0.2) is 37.7 Å². The van der Waals surface area contributed by atoms with E-state index in [0.717, 1.165) is 5.57 Å². The lowest BCUT2D eigenvalue weighted by atomic mass is 9.47. The van der Waals surface area contributed by atoms with Crippen molar-refractivity contribution in [3.63, 3.8) is 0 Å². The van der Waals surface area contributed by atoms with Crippen molar-refractivity contribution in [3.8, 4) is 0 Å². The van der Waals surface area contributed by atoms with Crippen molar-refractivity contribution in [2.24, 2.45) is 40.4 Å². The average molecular weight is 1390 g/mol. The molecule has 548 valence electrons. The van der Waals surface area contributed by atoms with E-state index in [-0.39, 0.29) is 48.7 Å². The van der Waals surface area contributed by atoms with E-state index in [0.29, 0.717) is 38.5 Å². The summed E-state index contributed by atoms with van der Waals surface area (Å²) >= 11 is 0. The molecule has 10 rings (SSSR count). The van der Waals surface area contributed by atoms with Crippen LogP contribution in [0.3, 0.4) is 0 Å². The third-order valence-corrected chi connectivity index (χ3v) is 22.9. The molecular formula is C62H102O32S. The molecule has 0 bridgehead atoms. The van der Waals surface area contributed by atoms with Gasteiger partial charge in [-0.05, 0) is 120 Å². The van der Waals surface area contributed by atoms with Crippen LogP contribution in [0.25, 0.3) is 0 Å². The monoisotopic (exact) mass is 1390 g/mol. The van der Waals surface area contributed by atoms with E-state index in [1.54, 1.807) is 6.92 Å². The van der Waals surface area contributed by atoms with E-state index in [1.807, 2.05) is 13.8 Å². The second kappa shape index (κ2) is 29.5. The molecule has 38 atom stereocenters. The van der Waals surface area contributed by atoms with Gasteiger partial charge in [0.25, 0.3) is 0 Å². The Balaban J connectivity index is 0.904. The van der Waals surface area contributed by atoms with Crippen LogP contribution in [-0.2, 0) is 76.2 Å². The molecule has 0 aromatic carbocycles. The van der Waals surface area contributed by atoms with Crippen LogP contribution in [0.15, 0.2) is 11.6 Å². The van der Waals surface area contributed by atoms with Gasteiger partial charge < -0.3 is 133 Å². The highest BCUT2D eigenvalue weighted by Gasteiger charge is 2.64. The molecule has 32 nitrogen and oxygen atoms in total. The predicted octanol–water partition coefficient (Wildman–Crippen LogP) is -3.82. The summed E-state index contributed by atoms with van der Waals surface area (Å²) in [6, 6.07) is 0. The van der Waals surface area contributed by atoms with Gasteiger partial charge in [0, 0.05) is 12.8 Å². The van der Waals surface area contributed by atoms with Gasteiger partial charge in [0.05, 0.1) is 55.4 Å². The minimum Gasteiger partial charge on any atom is -0.394 e. The molecule has 0 aromatic rings. The summed E-state index contributed by atoms with van der Waals surface area (Å²) in [6.07, 6.45) is -46.9. The Morgan fingerprint density at radius 1 is 0.579 bits per heavy atom. The van der Waals surface area contributed by atoms with Gasteiger partial charge in [-0.3, -0.25) is 9.35 Å². The van der Waals surface area contributed by atoms with Crippen LogP contribution in [-0.4, -0.2) is 305 Å². The minimum absolute atomic E-state index is 0.00437. The lowest BCUT2D eigenvalue weighted by Gasteiger charge is -2.60. The van der Waals surface area contributed by atoms with E-state index in [2.05, 4.69) is 19.9 Å². The molecule has 10 aliphatic rings. The lowest BCUT2D eigenvalue weighted by Crippen LogP contribution is -2.67. The van der Waals surface area contributed by atoms with Crippen LogP contribution in [0.1, 0.15) is 120 Å². The summed E-state index contributed by atoms with van der Waals surface area (Å²) in [4.78, 5) is 13.3. The number of hydrogen-bond acceptors (Lipinski definition) is 31. The molecule has 0 amide bonds. The quantitative estimate of drug-likeness (QED) is 0.0410. The number of rotatable bonds is 20. The highest BCUT2D eigenvalue weighted by molar-refractivity contribution is 7.80. The first-order valence-electron chi connectivity index (χ1n) is 33.3. The minimum atomic E-state index is -4.91. The van der Waals surface area contributed by atoms with Crippen molar-refractivity contribution < 1.29 is 155 Å². The van der Waals surface area contributed by atoms with E-state index in [9.17, 15) is 94.4 Å². The molecule has 0 radical (unpaired) electrons. The first-order chi connectivity index (χ1) is 44.4. The standard InChI is InChI=1S/C62H102O32S/c1-22(2)16-27(64)19-62(9,78)36-11-10-30-29-18-33(32-17-28(94-95(79,80)81)12-14-60(32,7)31(29)13-15-61(30,36)8)87-56-48(76)51(40(68)25(5)85-56)91-58-52(92-55-47(75)44(72)38(66)24(4)84-55)42(70)35(21-82-58)89-59-53(45(73)41(69)34(20-63)88-59)93-57-49(77)50(39(67)26(6)86-57)90-54-46(74)43(71)37(65)23(3)83-54/h13,22-26,28-30,32-59,63,65-78H,10-12,14-21H2,1-9H3,(H,79,80,81)/t23-,24-,25-,26-,28+,29+,30+,32-,33+,34-,35-,36+,37+,38-,39+,40-,41+,42+,43+,44+,45+,46-,47-,48-,49-,50+,51+,52-,53-,54?,55?,56?,57?,58?,59?,60-,61+,62-/m1/s1. The topological polar surface area (TPSA) is 495 Å². The molecule has 33 heteroatoms. The van der Waals surface area contributed by atoms with Crippen LogP contribution in [0.2, 0.25) is 0 Å². The largest absolute Gasteiger partial charge is 0.397 e. The molecule has 6 saturated heterocycles. The smallest absolute Gasteiger partial charge is 0.394 e. The molecule has 3 saturated carbocycles. The SMILES string of the molecule is CC(C)CC(=O)C[C@@](C)(O)[C@H]1CC[C@H]2[C@@H]3C[C@H](OC4O[C@H](C)[C@@H](O)[C@H](OC5OC[C@@H](OC6O[C@H](CO)[C@H](O)[C@H](O)[C@H]6OC6O[C@H](C)[C@H](O)[C@H](OC7O[C@H](C)[C@H](O)[C@H](O)[C@H]7O)[C@H]6O)[C@H](O)[C@H]5OC5O[C@H](C)[C@@H](O)[C@H](O)[C@H]5O)[C@H]4O)[C@H]4C[C@@H](OS(=O)(=O)O)CC[C@]4(C)C3=CC[C@@]21C. The maximum atomic E-state index is 13.3. The Kier molecular flexibility index (Phi) is 23.6. The van der Waals surface area contributed by atoms with Gasteiger partial charge in [-0.15, -0.1) is 0 Å². The highest BCUT2D eigenvalue weighted by atomic mass is 32.3. The number of carbonyl (C=O) groups excluding carboxylic acids is 1. The first-order valence-corrected chi connectivity index (χ1v) is 34.6. The third kappa shape index (κ3) is 15.2. The van der Waals surface area contributed by atoms with Crippen LogP contribution in [0, 0.1) is 40.4 Å². The van der Waals surface area contributed by atoms with E-state index in [4.69, 9.17) is 61.0 Å². The summed E-state index contributed by atoms with van der Waals surface area (Å²) in [6.45, 7) is 13.7. The van der Waals surface area contributed by atoms with Crippen LogP contribution >= 0.6 is 0 Å². The second-order valence-corrected chi connectivity index (χ2v) is 30.5. The fraction of sp³-hybridized carbons (Fsp3) is 0.952. The summed E-state index contributed by atoms with van der Waals surface area (Å²) in [5.74, 6) is -0.914. The van der Waals surface area contributed by atoms with Crippen molar-refractivity contribution in [2.75, 3.05) is 13.2 Å². The number of fused-ring (bicyclic) bond motifs is 5. The number of aliphatic hydroxyl groups excluding tert-OH is 14. The first kappa shape index (κ1) is 75.9. The zero-order chi connectivity index (χ0) is 69.6. The van der Waals surface area contributed by atoms with E-state index in [1.165, 1.54) is 27.7 Å². The van der Waals surface area contributed by atoms with Gasteiger partial charge >= 0.3 is 10.4 Å². The summed E-state index contributed by atoms with van der Waals surface area (Å²) < 4.78 is 113. The summed E-state index contributed by atoms with van der Waals surface area (Å²) in [5.41, 5.74) is -1.34. The van der Waals surface area contributed by atoms with Crippen molar-refractivity contribution in [2.45, 2.75) is 316 Å². The van der Waals surface area contributed by atoms with Crippen LogP contribution < -0.4 is 0 Å². The van der Waals surface area contributed by atoms with Gasteiger partial charge in [0.1, 0.15) is 122 Å². The lowest BCUT2D eigenvalue weighted by molar-refractivity contribution is -0.402. The van der Waals surface area contributed by atoms with Gasteiger partial charge in [-0.25, -0.2) is 4.18 Å². The Hall–Kier alpha value is -1.80. The van der Waals surface area contributed by atoms with Crippen molar-refractivity contribution in [1.29, 1.82) is 0 Å². The number of Topliss-reactive ketones (excluding diaryl/α,β-unsaturated/α-hetero) is 1. The van der Waals surface area contributed by atoms with Gasteiger partial charge in [-0.1, -0.05) is 39.3 Å². The molecule has 0 spiro atoms. The number of aliphatic hydroxyl groups is 15. The highest BCUT2D eigenvalue weighted by Crippen LogP contribution is 2.67. The Labute approximate surface area is 551 Å². The molecule has 6 aliphatic heterocycles. The molecule has 16 N–H and O–H groups in total. The van der Waals surface area contributed by atoms with Crippen LogP contribution in [0.5, 0.6) is 0 Å². The molecule has 4 aliphatic carbocycles. The number of allylic oxidation sites excluding steroid dienone is 2. The zero-order valence-corrected chi connectivity index (χ0v) is 55.6. The van der Waals surface area contributed by atoms with Crippen molar-refractivity contribution in [1.82, 2.24) is 0 Å². The Morgan fingerprint density at radius 3 is 1.61 bits per heavy atom. The van der Waals surface area contributed by atoms with E-state index >= 15 is 0 Å². The predicted molar refractivity (Wildman–Crippen MR) is 317 cm³/mol. The number of carbonyl (C=O) groups is 1. The van der Waals surface area contributed by atoms with Crippen LogP contribution in [0.4, 0.5) is 0 Å². The number of hydrogen-bond donors (Lipinski definition) is 16. The maximum absolute atomic E-state index is 13.3. The van der Waals surface area contributed by atoms with Crippen molar-refractivity contribution >= 4 is 16.2 Å². The van der Waals surface area contributed by atoms with Gasteiger partial charge in [0.2, 0.25) is 0 Å². The maximum Gasteiger partial charge on any atom is 0.397 e. The summed E-state index contributed by atoms with van der Waals surface area (Å²) in [5, 5.41) is 169. The number of ether oxygens (including phenoxy) is 12. The normalized spacial score (nSPS) is 52.0. The molecule has 6 heterocycles. The van der Waals surface area contributed by atoms with Crippen molar-refractivity contribution in [3.05, 3.63) is 11.6 Å². The zero-order valence-electron chi connectivity index (χ0n) is 54.7. The summed E-state index contributed by atoms with van der Waals surface area (Å²) in [7, 11) is -4.91. The molecule has 0 aromatic heterocycles. The molecule has 6 unspecified atom stereocenters.